The summed E-state index contributed by atoms with van der Waals surface area (Å²) in [6.07, 6.45) is 4.11. The van der Waals surface area contributed by atoms with Gasteiger partial charge in [-0.2, -0.15) is 10.4 Å². The van der Waals surface area contributed by atoms with Gasteiger partial charge in [-0.3, -0.25) is 19.4 Å². The zero-order valence-corrected chi connectivity index (χ0v) is 23.6. The number of ether oxygens (including phenoxy) is 1. The summed E-state index contributed by atoms with van der Waals surface area (Å²) in [5, 5.41) is 35.3. The lowest BCUT2D eigenvalue weighted by molar-refractivity contribution is -0.191. The Labute approximate surface area is 246 Å². The first-order chi connectivity index (χ1) is 20.0. The second-order valence-corrected chi connectivity index (χ2v) is 11.3. The average molecular weight is 588 g/mol. The van der Waals surface area contributed by atoms with Crippen LogP contribution in [0.25, 0.3) is 0 Å². The number of carbonyl (C=O) groups is 1. The molecule has 1 saturated carbocycles. The summed E-state index contributed by atoms with van der Waals surface area (Å²) < 4.78 is 24.8. The molecule has 2 aliphatic rings. The number of amides is 1. The second kappa shape index (κ2) is 10.3. The summed E-state index contributed by atoms with van der Waals surface area (Å²) in [6, 6.07) is 14.6. The van der Waals surface area contributed by atoms with Crippen LogP contribution in [-0.4, -0.2) is 48.0 Å². The van der Waals surface area contributed by atoms with Crippen LogP contribution in [0.4, 0.5) is 4.39 Å². The molecule has 11 heteroatoms. The summed E-state index contributed by atoms with van der Waals surface area (Å²) in [4.78, 5) is 20.1. The highest BCUT2D eigenvalue weighted by atomic mass is 35.5. The number of aryl methyl sites for hydroxylation is 1. The van der Waals surface area contributed by atoms with Gasteiger partial charge in [0.25, 0.3) is 5.91 Å². The van der Waals surface area contributed by atoms with E-state index in [1.807, 2.05) is 6.07 Å². The molecule has 2 atom stereocenters. The quantitative estimate of drug-likeness (QED) is 0.333. The Morgan fingerprint density at radius 1 is 1.19 bits per heavy atom. The average Bonchev–Trinajstić information content (AvgIpc) is 3.50. The minimum atomic E-state index is -1.74. The van der Waals surface area contributed by atoms with Crippen molar-refractivity contribution >= 4 is 17.5 Å². The highest BCUT2D eigenvalue weighted by Crippen LogP contribution is 2.50. The molecule has 1 fully saturated rings. The molecule has 1 aliphatic carbocycles. The van der Waals surface area contributed by atoms with Crippen molar-refractivity contribution < 1.29 is 24.1 Å². The zero-order chi connectivity index (χ0) is 29.8. The van der Waals surface area contributed by atoms with Crippen molar-refractivity contribution in [3.8, 4) is 6.07 Å². The van der Waals surface area contributed by atoms with E-state index < -0.39 is 35.3 Å². The molecule has 0 spiro atoms. The van der Waals surface area contributed by atoms with Gasteiger partial charge in [-0.25, -0.2) is 4.39 Å². The number of nitriles is 1. The Morgan fingerprint density at radius 2 is 1.93 bits per heavy atom. The third-order valence-corrected chi connectivity index (χ3v) is 8.28. The molecule has 4 aromatic rings. The lowest BCUT2D eigenvalue weighted by atomic mass is 9.85. The molecule has 2 aromatic heterocycles. The number of aromatic nitrogens is 3. The van der Waals surface area contributed by atoms with E-state index in [0.717, 1.165) is 0 Å². The zero-order valence-electron chi connectivity index (χ0n) is 22.8. The van der Waals surface area contributed by atoms with E-state index >= 15 is 4.39 Å². The molecular weight excluding hydrogens is 561 g/mol. The molecule has 3 heterocycles. The molecule has 1 amide bonds. The number of hydrogen-bond donors (Lipinski definition) is 2. The molecular formula is C31H27ClFN5O4. The first-order valence-electron chi connectivity index (χ1n) is 13.4. The Hall–Kier alpha value is -4.14. The third-order valence-electron chi connectivity index (χ3n) is 8.03. The topological polar surface area (TPSA) is 125 Å². The Bertz CT molecular complexity index is 1710. The van der Waals surface area contributed by atoms with E-state index in [0.29, 0.717) is 40.2 Å². The Morgan fingerprint density at radius 3 is 2.52 bits per heavy atom. The van der Waals surface area contributed by atoms with Crippen LogP contribution >= 0.6 is 11.6 Å². The number of pyridine rings is 1. The monoisotopic (exact) mass is 587 g/mol. The lowest BCUT2D eigenvalue weighted by Crippen LogP contribution is -2.51. The molecule has 0 radical (unpaired) electrons. The van der Waals surface area contributed by atoms with Gasteiger partial charge in [-0.15, -0.1) is 0 Å². The molecule has 2 N–H and O–H groups in total. The predicted octanol–water partition coefficient (Wildman–Crippen LogP) is 4.13. The molecule has 214 valence electrons. The maximum atomic E-state index is 16.6. The number of aliphatic hydroxyl groups excluding tert-OH is 1. The normalized spacial score (nSPS) is 22.8. The van der Waals surface area contributed by atoms with Gasteiger partial charge in [0.1, 0.15) is 17.5 Å². The fourth-order valence-corrected chi connectivity index (χ4v) is 5.76. The number of halogens is 2. The highest BCUT2D eigenvalue weighted by molar-refractivity contribution is 6.30. The number of fused-ring (bicyclic) bond motifs is 1. The van der Waals surface area contributed by atoms with E-state index in [2.05, 4.69) is 10.1 Å². The molecule has 2 aromatic carbocycles. The van der Waals surface area contributed by atoms with Crippen molar-refractivity contribution in [2.45, 2.75) is 49.8 Å². The van der Waals surface area contributed by atoms with Gasteiger partial charge in [0.05, 0.1) is 47.3 Å². The summed E-state index contributed by atoms with van der Waals surface area (Å²) in [7, 11) is 1.71. The second-order valence-electron chi connectivity index (χ2n) is 10.9. The fraction of sp³-hybridized carbons (Fsp3) is 0.290. The van der Waals surface area contributed by atoms with E-state index in [9.17, 15) is 20.3 Å². The van der Waals surface area contributed by atoms with Gasteiger partial charge in [0.15, 0.2) is 0 Å². The van der Waals surface area contributed by atoms with Crippen LogP contribution < -0.4 is 0 Å². The standard InChI is InChI=1S/C31H27ClFN5O4/c1-30(41,21-15-36-37(2)16-21)20-9-26-28(27(33)10-20)31(42-25-11-24(39)12-25,19-4-6-22(32)7-5-19)38(29(26)40)17-23-8-3-18(13-34)14-35-23/h3-10,14-16,24-25,39,41H,11-12,17H2,1-2H3. The van der Waals surface area contributed by atoms with Crippen LogP contribution in [0.3, 0.4) is 0 Å². The predicted molar refractivity (Wildman–Crippen MR) is 149 cm³/mol. The van der Waals surface area contributed by atoms with Crippen LogP contribution in [0, 0.1) is 17.1 Å². The van der Waals surface area contributed by atoms with Crippen molar-refractivity contribution in [2.75, 3.05) is 0 Å². The molecule has 2 unspecified atom stereocenters. The first kappa shape index (κ1) is 28.0. The summed E-state index contributed by atoms with van der Waals surface area (Å²) in [5.41, 5.74) is -1.51. The summed E-state index contributed by atoms with van der Waals surface area (Å²) in [5.74, 6) is -1.28. The van der Waals surface area contributed by atoms with E-state index in [4.69, 9.17) is 16.3 Å². The minimum Gasteiger partial charge on any atom is -0.393 e. The van der Waals surface area contributed by atoms with Crippen LogP contribution in [0.2, 0.25) is 5.02 Å². The van der Waals surface area contributed by atoms with Crippen molar-refractivity contribution in [1.82, 2.24) is 19.7 Å². The van der Waals surface area contributed by atoms with E-state index in [-0.39, 0.29) is 23.2 Å². The van der Waals surface area contributed by atoms with Crippen LogP contribution in [-0.2, 0) is 29.7 Å². The van der Waals surface area contributed by atoms with E-state index in [1.54, 1.807) is 49.6 Å². The van der Waals surface area contributed by atoms with Gasteiger partial charge < -0.3 is 14.9 Å². The molecule has 42 heavy (non-hydrogen) atoms. The maximum absolute atomic E-state index is 16.6. The van der Waals surface area contributed by atoms with Crippen molar-refractivity contribution in [3.63, 3.8) is 0 Å². The van der Waals surface area contributed by atoms with Crippen molar-refractivity contribution in [1.29, 1.82) is 5.26 Å². The van der Waals surface area contributed by atoms with Crippen LogP contribution in [0.15, 0.2) is 67.1 Å². The van der Waals surface area contributed by atoms with Gasteiger partial charge in [-0.1, -0.05) is 23.7 Å². The Balaban J connectivity index is 1.56. The molecule has 0 saturated heterocycles. The number of nitrogens with zero attached hydrogens (tertiary/aromatic N) is 5. The number of aliphatic hydroxyl groups is 2. The number of hydrogen-bond acceptors (Lipinski definition) is 7. The van der Waals surface area contributed by atoms with Crippen LogP contribution in [0.1, 0.15) is 63.6 Å². The first-order valence-corrected chi connectivity index (χ1v) is 13.8. The maximum Gasteiger partial charge on any atom is 0.257 e. The van der Waals surface area contributed by atoms with Crippen LogP contribution in [0.5, 0.6) is 0 Å². The summed E-state index contributed by atoms with van der Waals surface area (Å²) in [6.45, 7) is 1.44. The lowest BCUT2D eigenvalue weighted by Gasteiger charge is -2.45. The fourth-order valence-electron chi connectivity index (χ4n) is 5.63. The molecule has 6 rings (SSSR count). The SMILES string of the molecule is Cn1cc(C(C)(O)c2cc(F)c3c(c2)C(=O)N(Cc2ccc(C#N)cn2)C3(OC2CC(O)C2)c2ccc(Cl)cc2)cn1. The van der Waals surface area contributed by atoms with Gasteiger partial charge in [0, 0.05) is 35.6 Å². The number of carbonyl (C=O) groups excluding carboxylic acids is 1. The molecule has 9 nitrogen and oxygen atoms in total. The largest absolute Gasteiger partial charge is 0.393 e. The van der Waals surface area contributed by atoms with Crippen molar-refractivity contribution in [2.24, 2.45) is 7.05 Å². The van der Waals surface area contributed by atoms with Gasteiger partial charge in [0.2, 0.25) is 5.72 Å². The minimum absolute atomic E-state index is 0.00408. The van der Waals surface area contributed by atoms with E-state index in [1.165, 1.54) is 41.0 Å². The van der Waals surface area contributed by atoms with Gasteiger partial charge in [-0.05, 0) is 61.7 Å². The van der Waals surface area contributed by atoms with Gasteiger partial charge >= 0.3 is 0 Å². The number of rotatable bonds is 7. The highest BCUT2D eigenvalue weighted by Gasteiger charge is 2.56. The summed E-state index contributed by atoms with van der Waals surface area (Å²) >= 11 is 6.21. The molecule has 0 bridgehead atoms. The molecule has 1 aliphatic heterocycles. The number of benzene rings is 2. The Kier molecular flexibility index (Phi) is 6.86. The third kappa shape index (κ3) is 4.55. The van der Waals surface area contributed by atoms with Crippen molar-refractivity contribution in [3.05, 3.63) is 117 Å². The smallest absolute Gasteiger partial charge is 0.257 e.